The molecule has 6 nitrogen and oxygen atoms in total. The Morgan fingerprint density at radius 1 is 1.35 bits per heavy atom. The zero-order valence-corrected chi connectivity index (χ0v) is 11.8. The van der Waals surface area contributed by atoms with Crippen LogP contribution in [0.5, 0.6) is 0 Å². The summed E-state index contributed by atoms with van der Waals surface area (Å²) in [5.74, 6) is -0.207. The minimum absolute atomic E-state index is 0.0632. The number of carbonyl (C=O) groups is 1. The predicted molar refractivity (Wildman–Crippen MR) is 72.3 cm³/mol. The highest BCUT2D eigenvalue weighted by atomic mass is 16.5. The molecule has 0 aliphatic heterocycles. The third-order valence-electron chi connectivity index (χ3n) is 3.07. The van der Waals surface area contributed by atoms with E-state index >= 15 is 0 Å². The molecular weight excluding hydrogens is 258 g/mol. The molecule has 0 amide bonds. The van der Waals surface area contributed by atoms with E-state index in [4.69, 9.17) is 9.63 Å². The smallest absolute Gasteiger partial charge is 0.354 e. The lowest BCUT2D eigenvalue weighted by atomic mass is 10.2. The van der Waals surface area contributed by atoms with Crippen molar-refractivity contribution in [3.8, 4) is 0 Å². The average Bonchev–Trinajstić information content (AvgIpc) is 2.71. The summed E-state index contributed by atoms with van der Waals surface area (Å²) in [6.45, 7) is 5.03. The van der Waals surface area contributed by atoms with Gasteiger partial charge in [-0.15, -0.1) is 0 Å². The van der Waals surface area contributed by atoms with Gasteiger partial charge in [0, 0.05) is 18.7 Å². The molecule has 1 N–H and O–H groups in total. The maximum absolute atomic E-state index is 10.9. The van der Waals surface area contributed by atoms with Crippen LogP contribution in [-0.4, -0.2) is 33.2 Å². The fraction of sp³-hybridized carbons (Fsp3) is 0.357. The van der Waals surface area contributed by atoms with Crippen LogP contribution < -0.4 is 0 Å². The first-order valence-corrected chi connectivity index (χ1v) is 6.27. The van der Waals surface area contributed by atoms with Crippen molar-refractivity contribution in [2.75, 3.05) is 7.05 Å². The van der Waals surface area contributed by atoms with Gasteiger partial charge in [0.2, 0.25) is 0 Å². The lowest BCUT2D eigenvalue weighted by molar-refractivity contribution is 0.0690. The first-order valence-electron chi connectivity index (χ1n) is 6.27. The Hall–Kier alpha value is -2.21. The van der Waals surface area contributed by atoms with E-state index in [-0.39, 0.29) is 5.69 Å². The molecule has 0 aliphatic rings. The van der Waals surface area contributed by atoms with Crippen LogP contribution in [0.15, 0.2) is 22.7 Å². The molecule has 2 rings (SSSR count). The topological polar surface area (TPSA) is 79.5 Å². The Morgan fingerprint density at radius 3 is 2.70 bits per heavy atom. The van der Waals surface area contributed by atoms with Gasteiger partial charge in [0.25, 0.3) is 0 Å². The van der Waals surface area contributed by atoms with Crippen LogP contribution in [-0.2, 0) is 13.1 Å². The van der Waals surface area contributed by atoms with Crippen LogP contribution in [0.1, 0.15) is 33.2 Å². The van der Waals surface area contributed by atoms with Gasteiger partial charge < -0.3 is 9.63 Å². The minimum Gasteiger partial charge on any atom is -0.477 e. The fourth-order valence-corrected chi connectivity index (χ4v) is 2.02. The van der Waals surface area contributed by atoms with Crippen molar-refractivity contribution in [2.24, 2.45) is 0 Å². The second-order valence-electron chi connectivity index (χ2n) is 4.79. The first-order chi connectivity index (χ1) is 9.47. The van der Waals surface area contributed by atoms with Crippen LogP contribution in [0.3, 0.4) is 0 Å². The summed E-state index contributed by atoms with van der Waals surface area (Å²) in [6.07, 6.45) is 0. The maximum Gasteiger partial charge on any atom is 0.354 e. The molecule has 2 aromatic heterocycles. The molecule has 0 radical (unpaired) electrons. The summed E-state index contributed by atoms with van der Waals surface area (Å²) in [5, 5.41) is 12.8. The van der Waals surface area contributed by atoms with E-state index in [1.54, 1.807) is 6.07 Å². The van der Waals surface area contributed by atoms with Crippen molar-refractivity contribution >= 4 is 5.97 Å². The number of hydrogen-bond acceptors (Lipinski definition) is 5. The second-order valence-corrected chi connectivity index (χ2v) is 4.79. The van der Waals surface area contributed by atoms with Crippen molar-refractivity contribution in [3.05, 3.63) is 46.6 Å². The number of rotatable bonds is 5. The molecule has 0 fully saturated rings. The summed E-state index contributed by atoms with van der Waals surface area (Å²) in [5.41, 5.74) is 2.72. The number of aromatic carboxylic acids is 1. The molecule has 0 bridgehead atoms. The van der Waals surface area contributed by atoms with Gasteiger partial charge in [0.1, 0.15) is 11.5 Å². The van der Waals surface area contributed by atoms with E-state index in [0.29, 0.717) is 13.1 Å². The molecule has 20 heavy (non-hydrogen) atoms. The normalized spacial score (nSPS) is 11.0. The summed E-state index contributed by atoms with van der Waals surface area (Å²) < 4.78 is 5.13. The van der Waals surface area contributed by atoms with Crippen molar-refractivity contribution in [3.63, 3.8) is 0 Å². The van der Waals surface area contributed by atoms with Crippen LogP contribution >= 0.6 is 0 Å². The van der Waals surface area contributed by atoms with E-state index in [9.17, 15) is 4.79 Å². The Bertz CT molecular complexity index is 602. The van der Waals surface area contributed by atoms with Gasteiger partial charge in [0.05, 0.1) is 11.4 Å². The van der Waals surface area contributed by atoms with Crippen molar-refractivity contribution < 1.29 is 14.4 Å². The predicted octanol–water partition coefficient (Wildman–Crippen LogP) is 2.02. The molecule has 6 heteroatoms. The number of hydrogen-bond donors (Lipinski definition) is 1. The van der Waals surface area contributed by atoms with Gasteiger partial charge in [-0.3, -0.25) is 4.90 Å². The number of pyridine rings is 1. The zero-order valence-electron chi connectivity index (χ0n) is 11.8. The fourth-order valence-electron chi connectivity index (χ4n) is 2.02. The van der Waals surface area contributed by atoms with E-state index in [2.05, 4.69) is 10.1 Å². The van der Waals surface area contributed by atoms with Crippen LogP contribution in [0.25, 0.3) is 0 Å². The molecule has 2 aromatic rings. The third-order valence-corrected chi connectivity index (χ3v) is 3.07. The van der Waals surface area contributed by atoms with E-state index in [0.717, 1.165) is 22.7 Å². The molecule has 0 atom stereocenters. The van der Waals surface area contributed by atoms with Crippen molar-refractivity contribution in [2.45, 2.75) is 26.9 Å². The van der Waals surface area contributed by atoms with Gasteiger partial charge in [-0.1, -0.05) is 11.2 Å². The number of carboxylic acid groups (broad SMARTS) is 1. The Balaban J connectivity index is 2.06. The highest BCUT2D eigenvalue weighted by Gasteiger charge is 2.12. The summed E-state index contributed by atoms with van der Waals surface area (Å²) in [6, 6.07) is 5.01. The number of aryl methyl sites for hydroxylation is 2. The van der Waals surface area contributed by atoms with Gasteiger partial charge in [-0.05, 0) is 33.0 Å². The summed E-state index contributed by atoms with van der Waals surface area (Å²) >= 11 is 0. The second kappa shape index (κ2) is 5.83. The van der Waals surface area contributed by atoms with Gasteiger partial charge in [-0.25, -0.2) is 9.78 Å². The Kier molecular flexibility index (Phi) is 4.14. The summed E-state index contributed by atoms with van der Waals surface area (Å²) in [7, 11) is 1.95. The molecule has 0 aromatic carbocycles. The van der Waals surface area contributed by atoms with Crippen molar-refractivity contribution in [1.82, 2.24) is 15.0 Å². The molecular formula is C14H17N3O3. The third kappa shape index (κ3) is 3.21. The van der Waals surface area contributed by atoms with Crippen LogP contribution in [0.2, 0.25) is 0 Å². The highest BCUT2D eigenvalue weighted by Crippen LogP contribution is 2.15. The average molecular weight is 275 g/mol. The number of carboxylic acids is 1. The van der Waals surface area contributed by atoms with E-state index in [1.165, 1.54) is 6.07 Å². The Labute approximate surface area is 117 Å². The largest absolute Gasteiger partial charge is 0.477 e. The maximum atomic E-state index is 10.9. The van der Waals surface area contributed by atoms with Gasteiger partial charge in [-0.2, -0.15) is 0 Å². The zero-order chi connectivity index (χ0) is 14.7. The summed E-state index contributed by atoms with van der Waals surface area (Å²) in [4.78, 5) is 17.0. The molecule has 0 saturated carbocycles. The lowest BCUT2D eigenvalue weighted by Gasteiger charge is -2.16. The number of aromatic nitrogens is 2. The van der Waals surface area contributed by atoms with Crippen molar-refractivity contribution in [1.29, 1.82) is 0 Å². The Morgan fingerprint density at radius 2 is 2.10 bits per heavy atom. The monoisotopic (exact) mass is 275 g/mol. The molecule has 0 spiro atoms. The highest BCUT2D eigenvalue weighted by molar-refractivity contribution is 5.85. The molecule has 0 unspecified atom stereocenters. The standard InChI is InChI=1S/C14H17N3O3/c1-9-12(10(2)20-16-9)8-17(3)7-11-5-4-6-13(15-11)14(18)19/h4-6H,7-8H2,1-3H3,(H,18,19). The lowest BCUT2D eigenvalue weighted by Crippen LogP contribution is -2.19. The molecule has 0 saturated heterocycles. The SMILES string of the molecule is Cc1noc(C)c1CN(C)Cc1cccc(C(=O)O)n1. The van der Waals surface area contributed by atoms with E-state index < -0.39 is 5.97 Å². The first kappa shape index (κ1) is 14.2. The van der Waals surface area contributed by atoms with Crippen LogP contribution in [0.4, 0.5) is 0 Å². The van der Waals surface area contributed by atoms with Crippen LogP contribution in [0, 0.1) is 13.8 Å². The van der Waals surface area contributed by atoms with E-state index in [1.807, 2.05) is 31.9 Å². The molecule has 106 valence electrons. The molecule has 2 heterocycles. The number of nitrogens with zero attached hydrogens (tertiary/aromatic N) is 3. The van der Waals surface area contributed by atoms with Gasteiger partial charge >= 0.3 is 5.97 Å². The molecule has 0 aliphatic carbocycles. The minimum atomic E-state index is -1.01. The van der Waals surface area contributed by atoms with Gasteiger partial charge in [0.15, 0.2) is 0 Å². The quantitative estimate of drug-likeness (QED) is 0.899.